The van der Waals surface area contributed by atoms with Gasteiger partial charge in [0.15, 0.2) is 34.5 Å². The van der Waals surface area contributed by atoms with Crippen LogP contribution in [0.3, 0.4) is 0 Å². The number of ketones is 1. The summed E-state index contributed by atoms with van der Waals surface area (Å²) in [5.41, 5.74) is 0.458. The normalized spacial score (nSPS) is 11.7. The molecule has 0 spiro atoms. The number of nitrogens with one attached hydrogen (secondary N) is 1. The zero-order valence-electron chi connectivity index (χ0n) is 20.3. The van der Waals surface area contributed by atoms with E-state index >= 15 is 0 Å². The Labute approximate surface area is 214 Å². The Morgan fingerprint density at radius 3 is 1.83 bits per heavy atom. The van der Waals surface area contributed by atoms with Crippen molar-refractivity contribution in [3.8, 4) is 23.0 Å². The Morgan fingerprint density at radius 1 is 0.829 bits per heavy atom. The molecule has 1 N–H and O–H groups in total. The average molecular weight is 526 g/mol. The molecule has 2 aromatic rings. The molecule has 0 bridgehead atoms. The van der Waals surface area contributed by atoms with Crippen LogP contribution in [0.1, 0.15) is 34.6 Å². The molecule has 35 heavy (non-hydrogen) atoms. The number of carbonyl (C=O) groups is 2. The Hall–Kier alpha value is -3.04. The fourth-order valence-electron chi connectivity index (χ4n) is 3.03. The van der Waals surface area contributed by atoms with Crippen LogP contribution in [0.15, 0.2) is 34.5 Å². The number of ether oxygens (including phenoxy) is 4. The first-order valence-corrected chi connectivity index (χ1v) is 11.9. The lowest BCUT2D eigenvalue weighted by molar-refractivity contribution is -0.126. The summed E-state index contributed by atoms with van der Waals surface area (Å²) in [6, 6.07) is 4.74. The molecule has 0 aliphatic carbocycles. The van der Waals surface area contributed by atoms with E-state index in [1.165, 1.54) is 13.0 Å². The van der Waals surface area contributed by atoms with Crippen molar-refractivity contribution in [1.29, 1.82) is 0 Å². The maximum absolute atomic E-state index is 13.1. The van der Waals surface area contributed by atoms with Crippen molar-refractivity contribution in [1.82, 2.24) is 0 Å². The Morgan fingerprint density at radius 2 is 1.31 bits per heavy atom. The number of azo groups is 1. The van der Waals surface area contributed by atoms with Crippen LogP contribution in [0, 0.1) is 0 Å². The summed E-state index contributed by atoms with van der Waals surface area (Å²) in [4.78, 5) is 25.4. The molecule has 0 saturated carbocycles. The van der Waals surface area contributed by atoms with Gasteiger partial charge in [0.25, 0.3) is 5.91 Å². The van der Waals surface area contributed by atoms with Gasteiger partial charge in [-0.25, -0.2) is 0 Å². The van der Waals surface area contributed by atoms with E-state index in [9.17, 15) is 9.59 Å². The van der Waals surface area contributed by atoms with Crippen molar-refractivity contribution in [2.45, 2.75) is 40.7 Å². The highest BCUT2D eigenvalue weighted by molar-refractivity contribution is 6.31. The van der Waals surface area contributed by atoms with Gasteiger partial charge >= 0.3 is 0 Å². The van der Waals surface area contributed by atoms with Crippen LogP contribution in [-0.4, -0.2) is 44.2 Å². The molecule has 9 nitrogen and oxygen atoms in total. The highest BCUT2D eigenvalue weighted by Gasteiger charge is 2.26. The number of anilines is 1. The first-order chi connectivity index (χ1) is 16.7. The van der Waals surface area contributed by atoms with Gasteiger partial charge in [0.2, 0.25) is 6.04 Å². The van der Waals surface area contributed by atoms with Crippen LogP contribution >= 0.6 is 23.2 Å². The van der Waals surface area contributed by atoms with E-state index in [2.05, 4.69) is 15.5 Å². The minimum absolute atomic E-state index is 0.216. The molecule has 1 amide bonds. The zero-order valence-corrected chi connectivity index (χ0v) is 21.8. The number of carbonyl (C=O) groups excluding carboxylic acids is 2. The molecule has 1 unspecified atom stereocenters. The second kappa shape index (κ2) is 13.7. The largest absolute Gasteiger partial charge is 0.491 e. The van der Waals surface area contributed by atoms with E-state index in [1.54, 1.807) is 39.0 Å². The van der Waals surface area contributed by atoms with Crippen molar-refractivity contribution in [3.63, 3.8) is 0 Å². The molecular formula is C24H29Cl2N3O6. The minimum atomic E-state index is -1.46. The molecular weight excluding hydrogens is 497 g/mol. The number of rotatable bonds is 13. The molecule has 0 fully saturated rings. The number of nitrogens with zero attached hydrogens (tertiary/aromatic N) is 2. The lowest BCUT2D eigenvalue weighted by atomic mass is 10.2. The predicted molar refractivity (Wildman–Crippen MR) is 135 cm³/mol. The predicted octanol–water partition coefficient (Wildman–Crippen LogP) is 6.27. The standard InChI is InChI=1S/C24H29Cl2N3O6/c1-6-32-18-11-16(26)12-19(33-7-2)22(18)29-28-21(14(5)30)24(31)27-17-10-15(25)13-20(34-8-3)23(17)35-9-4/h10-13,21H,6-9H2,1-5H3,(H,27,31). The van der Waals surface area contributed by atoms with Crippen LogP contribution in [0.2, 0.25) is 10.0 Å². The summed E-state index contributed by atoms with van der Waals surface area (Å²) < 4.78 is 22.4. The second-order valence-electron chi connectivity index (χ2n) is 6.98. The zero-order chi connectivity index (χ0) is 26.0. The van der Waals surface area contributed by atoms with Gasteiger partial charge in [-0.05, 0) is 40.7 Å². The highest BCUT2D eigenvalue weighted by Crippen LogP contribution is 2.41. The van der Waals surface area contributed by atoms with Crippen LogP contribution in [-0.2, 0) is 9.59 Å². The van der Waals surface area contributed by atoms with E-state index in [0.717, 1.165) is 0 Å². The lowest BCUT2D eigenvalue weighted by Gasteiger charge is -2.17. The van der Waals surface area contributed by atoms with E-state index in [0.29, 0.717) is 59.5 Å². The SMILES string of the molecule is CCOc1cc(Cl)cc(OCC)c1N=NC(C(C)=O)C(=O)Nc1cc(Cl)cc(OCC)c1OCC. The third-order valence-corrected chi connectivity index (χ3v) is 4.81. The third-order valence-electron chi connectivity index (χ3n) is 4.38. The van der Waals surface area contributed by atoms with Gasteiger partial charge in [-0.3, -0.25) is 9.59 Å². The Kier molecular flexibility index (Phi) is 11.1. The topological polar surface area (TPSA) is 108 Å². The van der Waals surface area contributed by atoms with Crippen molar-refractivity contribution >= 4 is 46.3 Å². The Bertz CT molecular complexity index is 1050. The van der Waals surface area contributed by atoms with Crippen LogP contribution in [0.5, 0.6) is 23.0 Å². The molecule has 0 heterocycles. The van der Waals surface area contributed by atoms with E-state index in [4.69, 9.17) is 42.1 Å². The number of benzene rings is 2. The summed E-state index contributed by atoms with van der Waals surface area (Å²) in [5.74, 6) is 0.0239. The fourth-order valence-corrected chi connectivity index (χ4v) is 3.44. The summed E-state index contributed by atoms with van der Waals surface area (Å²) in [6.07, 6.45) is 0. The van der Waals surface area contributed by atoms with Gasteiger partial charge in [-0.15, -0.1) is 5.11 Å². The number of hydrogen-bond acceptors (Lipinski definition) is 8. The van der Waals surface area contributed by atoms with E-state index in [1.807, 2.05) is 6.92 Å². The van der Waals surface area contributed by atoms with Gasteiger partial charge in [0, 0.05) is 28.2 Å². The summed E-state index contributed by atoms with van der Waals surface area (Å²) >= 11 is 12.3. The lowest BCUT2D eigenvalue weighted by Crippen LogP contribution is -2.32. The quantitative estimate of drug-likeness (QED) is 0.244. The summed E-state index contributed by atoms with van der Waals surface area (Å²) in [6.45, 7) is 9.79. The molecule has 0 aliphatic rings. The fraction of sp³-hybridized carbons (Fsp3) is 0.417. The van der Waals surface area contributed by atoms with Gasteiger partial charge in [0.1, 0.15) is 0 Å². The maximum atomic E-state index is 13.1. The number of amides is 1. The first-order valence-electron chi connectivity index (χ1n) is 11.2. The molecule has 0 aromatic heterocycles. The van der Waals surface area contributed by atoms with Crippen LogP contribution < -0.4 is 24.3 Å². The van der Waals surface area contributed by atoms with Crippen molar-refractivity contribution in [3.05, 3.63) is 34.3 Å². The van der Waals surface area contributed by atoms with Gasteiger partial charge in [-0.2, -0.15) is 5.11 Å². The van der Waals surface area contributed by atoms with Gasteiger partial charge in [0.05, 0.1) is 32.1 Å². The van der Waals surface area contributed by atoms with Crippen molar-refractivity contribution < 1.29 is 28.5 Å². The molecule has 2 aromatic carbocycles. The summed E-state index contributed by atoms with van der Waals surface area (Å²) in [5, 5.41) is 11.5. The Balaban J connectivity index is 2.44. The first kappa shape index (κ1) is 28.2. The smallest absolute Gasteiger partial charge is 0.258 e. The molecule has 2 rings (SSSR count). The third kappa shape index (κ3) is 7.73. The monoisotopic (exact) mass is 525 g/mol. The number of halogens is 2. The second-order valence-corrected chi connectivity index (χ2v) is 7.85. The molecule has 1 atom stereocenters. The van der Waals surface area contributed by atoms with Gasteiger partial charge in [-0.1, -0.05) is 23.2 Å². The van der Waals surface area contributed by atoms with Crippen LogP contribution in [0.4, 0.5) is 11.4 Å². The number of hydrogen-bond donors (Lipinski definition) is 1. The average Bonchev–Trinajstić information content (AvgIpc) is 2.78. The van der Waals surface area contributed by atoms with E-state index < -0.39 is 17.7 Å². The highest BCUT2D eigenvalue weighted by atomic mass is 35.5. The van der Waals surface area contributed by atoms with Gasteiger partial charge < -0.3 is 24.3 Å². The van der Waals surface area contributed by atoms with Crippen LogP contribution in [0.25, 0.3) is 0 Å². The molecule has 0 radical (unpaired) electrons. The molecule has 0 aliphatic heterocycles. The minimum Gasteiger partial charge on any atom is -0.491 e. The van der Waals surface area contributed by atoms with Crippen molar-refractivity contribution in [2.75, 3.05) is 31.7 Å². The molecule has 11 heteroatoms. The van der Waals surface area contributed by atoms with Crippen molar-refractivity contribution in [2.24, 2.45) is 10.2 Å². The molecule has 190 valence electrons. The number of Topliss-reactive ketones (excluding diaryl/α,β-unsaturated/α-hetero) is 1. The van der Waals surface area contributed by atoms with E-state index in [-0.39, 0.29) is 11.4 Å². The maximum Gasteiger partial charge on any atom is 0.258 e. The summed E-state index contributed by atoms with van der Waals surface area (Å²) in [7, 11) is 0. The molecule has 0 saturated heterocycles.